The number of nitrogens with zero attached hydrogens (tertiary/aromatic N) is 3. The van der Waals surface area contributed by atoms with Crippen molar-refractivity contribution in [3.8, 4) is 0 Å². The highest BCUT2D eigenvalue weighted by Gasteiger charge is 2.30. The van der Waals surface area contributed by atoms with Gasteiger partial charge in [-0.2, -0.15) is 0 Å². The molecule has 1 aromatic rings. The van der Waals surface area contributed by atoms with E-state index in [1.54, 1.807) is 0 Å². The number of likely N-dealkylation sites (tertiary alicyclic amines) is 1. The summed E-state index contributed by atoms with van der Waals surface area (Å²) >= 11 is 0. The fraction of sp³-hybridized carbons (Fsp3) is 0.714. The minimum atomic E-state index is 0.0684. The van der Waals surface area contributed by atoms with Gasteiger partial charge in [-0.25, -0.2) is 0 Å². The highest BCUT2D eigenvalue weighted by Crippen LogP contribution is 2.31. The van der Waals surface area contributed by atoms with Crippen LogP contribution in [0, 0.1) is 5.41 Å². The molecule has 1 unspecified atom stereocenters. The van der Waals surface area contributed by atoms with Gasteiger partial charge < -0.3 is 10.0 Å². The number of piperazine rings is 1. The SMILES string of the molecule is CCCN1CCN(c2ccccc2CN2CCCC(C)(CO)C2)CC1. The Morgan fingerprint density at radius 3 is 2.52 bits per heavy atom. The van der Waals surface area contributed by atoms with Gasteiger partial charge in [-0.05, 0) is 44.0 Å². The lowest BCUT2D eigenvalue weighted by Gasteiger charge is -2.40. The maximum absolute atomic E-state index is 9.72. The number of benzene rings is 1. The van der Waals surface area contributed by atoms with Gasteiger partial charge in [-0.1, -0.05) is 32.0 Å². The molecule has 25 heavy (non-hydrogen) atoms. The Balaban J connectivity index is 1.65. The van der Waals surface area contributed by atoms with E-state index in [1.807, 2.05) is 0 Å². The summed E-state index contributed by atoms with van der Waals surface area (Å²) in [6.45, 7) is 13.8. The molecule has 2 saturated heterocycles. The molecule has 0 saturated carbocycles. The molecule has 0 aromatic heterocycles. The number of hydrogen-bond donors (Lipinski definition) is 1. The van der Waals surface area contributed by atoms with Crippen molar-refractivity contribution in [1.29, 1.82) is 0 Å². The number of hydrogen-bond acceptors (Lipinski definition) is 4. The van der Waals surface area contributed by atoms with E-state index in [2.05, 4.69) is 52.8 Å². The average molecular weight is 346 g/mol. The normalized spacial score (nSPS) is 26.1. The fourth-order valence-corrected chi connectivity index (χ4v) is 4.41. The molecule has 0 spiro atoms. The van der Waals surface area contributed by atoms with E-state index in [-0.39, 0.29) is 5.41 Å². The molecule has 2 heterocycles. The quantitative estimate of drug-likeness (QED) is 0.859. The van der Waals surface area contributed by atoms with Crippen molar-refractivity contribution in [2.45, 2.75) is 39.7 Å². The third kappa shape index (κ3) is 4.75. The standard InChI is InChI=1S/C21H35N3O/c1-3-10-22-12-14-24(15-13-22)20-8-5-4-7-19(20)16-23-11-6-9-21(2,17-23)18-25/h4-5,7-8,25H,3,6,9-18H2,1-2H3. The van der Waals surface area contributed by atoms with Gasteiger partial charge in [0.25, 0.3) is 0 Å². The van der Waals surface area contributed by atoms with E-state index in [4.69, 9.17) is 0 Å². The number of aliphatic hydroxyl groups is 1. The molecule has 1 atom stereocenters. The summed E-state index contributed by atoms with van der Waals surface area (Å²) in [4.78, 5) is 7.68. The molecule has 3 rings (SSSR count). The third-order valence-corrected chi connectivity index (χ3v) is 5.88. The van der Waals surface area contributed by atoms with Crippen LogP contribution in [0.1, 0.15) is 38.7 Å². The average Bonchev–Trinajstić information content (AvgIpc) is 2.63. The predicted octanol–water partition coefficient (Wildman–Crippen LogP) is 2.81. The molecule has 0 amide bonds. The van der Waals surface area contributed by atoms with Crippen LogP contribution in [-0.4, -0.2) is 67.3 Å². The van der Waals surface area contributed by atoms with Gasteiger partial charge in [0.2, 0.25) is 0 Å². The maximum Gasteiger partial charge on any atom is 0.0497 e. The van der Waals surface area contributed by atoms with Crippen molar-refractivity contribution >= 4 is 5.69 Å². The Kier molecular flexibility index (Phi) is 6.37. The van der Waals surface area contributed by atoms with Crippen molar-refractivity contribution in [2.75, 3.05) is 57.3 Å². The minimum absolute atomic E-state index is 0.0684. The number of para-hydroxylation sites is 1. The smallest absolute Gasteiger partial charge is 0.0497 e. The Bertz CT molecular complexity index is 542. The van der Waals surface area contributed by atoms with Crippen LogP contribution < -0.4 is 4.90 Å². The van der Waals surface area contributed by atoms with Gasteiger partial charge >= 0.3 is 0 Å². The number of rotatable bonds is 6. The Morgan fingerprint density at radius 1 is 1.04 bits per heavy atom. The van der Waals surface area contributed by atoms with Crippen LogP contribution in [0.25, 0.3) is 0 Å². The van der Waals surface area contributed by atoms with Crippen LogP contribution >= 0.6 is 0 Å². The molecular formula is C21H35N3O. The molecule has 0 bridgehead atoms. The van der Waals surface area contributed by atoms with Crippen molar-refractivity contribution < 1.29 is 5.11 Å². The van der Waals surface area contributed by atoms with Crippen LogP contribution in [0.5, 0.6) is 0 Å². The van der Waals surface area contributed by atoms with Gasteiger partial charge in [0.05, 0.1) is 0 Å². The highest BCUT2D eigenvalue weighted by molar-refractivity contribution is 5.54. The minimum Gasteiger partial charge on any atom is -0.396 e. The van der Waals surface area contributed by atoms with Gasteiger partial charge in [0.15, 0.2) is 0 Å². The van der Waals surface area contributed by atoms with Crippen molar-refractivity contribution in [3.05, 3.63) is 29.8 Å². The van der Waals surface area contributed by atoms with Crippen LogP contribution in [0.3, 0.4) is 0 Å². The summed E-state index contributed by atoms with van der Waals surface area (Å²) in [5, 5.41) is 9.72. The lowest BCUT2D eigenvalue weighted by atomic mass is 9.82. The molecule has 1 aromatic carbocycles. The van der Waals surface area contributed by atoms with E-state index in [1.165, 1.54) is 43.7 Å². The lowest BCUT2D eigenvalue weighted by molar-refractivity contribution is 0.0430. The second kappa shape index (κ2) is 8.52. The molecule has 2 aliphatic heterocycles. The van der Waals surface area contributed by atoms with Crippen molar-refractivity contribution in [3.63, 3.8) is 0 Å². The molecule has 140 valence electrons. The molecule has 2 fully saturated rings. The summed E-state index contributed by atoms with van der Waals surface area (Å²) in [5.41, 5.74) is 2.92. The zero-order valence-electron chi connectivity index (χ0n) is 16.1. The second-order valence-electron chi connectivity index (χ2n) is 8.24. The van der Waals surface area contributed by atoms with E-state index >= 15 is 0 Å². The Hall–Kier alpha value is -1.10. The fourth-order valence-electron chi connectivity index (χ4n) is 4.41. The van der Waals surface area contributed by atoms with E-state index < -0.39 is 0 Å². The third-order valence-electron chi connectivity index (χ3n) is 5.88. The summed E-state index contributed by atoms with van der Waals surface area (Å²) in [5.74, 6) is 0. The number of piperidine rings is 1. The maximum atomic E-state index is 9.72. The van der Waals surface area contributed by atoms with Gasteiger partial charge in [0, 0.05) is 57.0 Å². The summed E-state index contributed by atoms with van der Waals surface area (Å²) in [6.07, 6.45) is 3.57. The molecule has 4 heteroatoms. The van der Waals surface area contributed by atoms with Crippen molar-refractivity contribution in [1.82, 2.24) is 9.80 Å². The second-order valence-corrected chi connectivity index (χ2v) is 8.24. The van der Waals surface area contributed by atoms with Crippen LogP contribution in [0.4, 0.5) is 5.69 Å². The molecule has 1 N–H and O–H groups in total. The highest BCUT2D eigenvalue weighted by atomic mass is 16.3. The molecule has 4 nitrogen and oxygen atoms in total. The zero-order valence-corrected chi connectivity index (χ0v) is 16.1. The Labute approximate surface area is 153 Å². The molecule has 2 aliphatic rings. The topological polar surface area (TPSA) is 30.0 Å². The number of anilines is 1. The van der Waals surface area contributed by atoms with E-state index in [0.29, 0.717) is 6.61 Å². The molecule has 0 radical (unpaired) electrons. The first-order chi connectivity index (χ1) is 12.1. The van der Waals surface area contributed by atoms with Gasteiger partial charge in [-0.15, -0.1) is 0 Å². The first kappa shape index (κ1) is 18.7. The number of aliphatic hydroxyl groups excluding tert-OH is 1. The molecular weight excluding hydrogens is 310 g/mol. The lowest BCUT2D eigenvalue weighted by Crippen LogP contribution is -2.47. The first-order valence-electron chi connectivity index (χ1n) is 10.0. The zero-order chi connectivity index (χ0) is 17.7. The monoisotopic (exact) mass is 345 g/mol. The van der Waals surface area contributed by atoms with Crippen LogP contribution in [0.2, 0.25) is 0 Å². The summed E-state index contributed by atoms with van der Waals surface area (Å²) in [6, 6.07) is 8.92. The largest absolute Gasteiger partial charge is 0.396 e. The molecule has 0 aliphatic carbocycles. The first-order valence-corrected chi connectivity index (χ1v) is 10.0. The summed E-state index contributed by atoms with van der Waals surface area (Å²) in [7, 11) is 0. The van der Waals surface area contributed by atoms with E-state index in [9.17, 15) is 5.11 Å². The van der Waals surface area contributed by atoms with Crippen LogP contribution in [-0.2, 0) is 6.54 Å². The van der Waals surface area contributed by atoms with Gasteiger partial charge in [0.1, 0.15) is 0 Å². The van der Waals surface area contributed by atoms with Crippen LogP contribution in [0.15, 0.2) is 24.3 Å². The Morgan fingerprint density at radius 2 is 1.80 bits per heavy atom. The van der Waals surface area contributed by atoms with Crippen molar-refractivity contribution in [2.24, 2.45) is 5.41 Å². The predicted molar refractivity (Wildman–Crippen MR) is 105 cm³/mol. The summed E-state index contributed by atoms with van der Waals surface area (Å²) < 4.78 is 0. The van der Waals surface area contributed by atoms with E-state index in [0.717, 1.165) is 39.1 Å². The van der Waals surface area contributed by atoms with Gasteiger partial charge in [-0.3, -0.25) is 9.80 Å².